The Morgan fingerprint density at radius 2 is 1.74 bits per heavy atom. The summed E-state index contributed by atoms with van der Waals surface area (Å²) in [6, 6.07) is 0. The summed E-state index contributed by atoms with van der Waals surface area (Å²) in [5.74, 6) is 2.57. The molecule has 4 unspecified atom stereocenters. The van der Waals surface area contributed by atoms with Crippen LogP contribution in [0, 0.1) is 51.2 Å². The summed E-state index contributed by atoms with van der Waals surface area (Å²) in [5.41, 5.74) is 0.0776. The minimum absolute atomic E-state index is 0.0233. The molecular weight excluding hydrogens is 530 g/mol. The van der Waals surface area contributed by atoms with Crippen molar-refractivity contribution < 1.29 is 29.2 Å². The van der Waals surface area contributed by atoms with Gasteiger partial charge in [-0.1, -0.05) is 27.7 Å². The molecule has 5 aliphatic carbocycles. The van der Waals surface area contributed by atoms with Crippen LogP contribution in [0.1, 0.15) is 106 Å². The molecule has 42 heavy (non-hydrogen) atoms. The van der Waals surface area contributed by atoms with E-state index in [0.717, 1.165) is 25.7 Å². The van der Waals surface area contributed by atoms with E-state index in [2.05, 4.69) is 27.7 Å². The van der Waals surface area contributed by atoms with Gasteiger partial charge in [0.2, 0.25) is 0 Å². The van der Waals surface area contributed by atoms with Gasteiger partial charge in [-0.15, -0.1) is 0 Å². The number of aliphatic hydroxyl groups excluding tert-OH is 1. The van der Waals surface area contributed by atoms with Crippen LogP contribution in [-0.4, -0.2) is 78.5 Å². The molecule has 0 bridgehead atoms. The number of hydrogen-bond acceptors (Lipinski definition) is 6. The Hall–Kier alpha value is -0.890. The lowest BCUT2D eigenvalue weighted by Gasteiger charge is -2.59. The fourth-order valence-corrected chi connectivity index (χ4v) is 12.4. The Morgan fingerprint density at radius 1 is 1.02 bits per heavy atom. The van der Waals surface area contributed by atoms with Crippen molar-refractivity contribution in [1.82, 2.24) is 4.90 Å². The maximum Gasteiger partial charge on any atom is 0.410 e. The highest BCUT2D eigenvalue weighted by Crippen LogP contribution is 2.87. The molecule has 1 aliphatic heterocycles. The quantitative estimate of drug-likeness (QED) is 0.376. The van der Waals surface area contributed by atoms with Gasteiger partial charge < -0.3 is 29.3 Å². The second-order valence-corrected chi connectivity index (χ2v) is 16.9. The van der Waals surface area contributed by atoms with E-state index >= 15 is 0 Å². The predicted octanol–water partition coefficient (Wildman–Crippen LogP) is 6.05. The molecule has 240 valence electrons. The largest absolute Gasteiger partial charge is 0.446 e. The third-order valence-corrected chi connectivity index (χ3v) is 14.4. The first-order valence-corrected chi connectivity index (χ1v) is 17.2. The van der Waals surface area contributed by atoms with E-state index in [0.29, 0.717) is 66.7 Å². The van der Waals surface area contributed by atoms with Crippen molar-refractivity contribution in [2.75, 3.05) is 33.4 Å². The van der Waals surface area contributed by atoms with E-state index in [1.54, 1.807) is 7.11 Å². The first kappa shape index (κ1) is 31.1. The number of ether oxygens (including phenoxy) is 3. The molecule has 6 rings (SSSR count). The number of methoxy groups -OCH3 is 1. The number of rotatable bonds is 7. The Bertz CT molecular complexity index is 1020. The molecule has 5 saturated carbocycles. The van der Waals surface area contributed by atoms with Crippen LogP contribution in [0.4, 0.5) is 4.79 Å². The molecule has 2 N–H and O–H groups in total. The number of fused-ring (bicyclic) bond motifs is 2. The average molecular weight is 590 g/mol. The summed E-state index contributed by atoms with van der Waals surface area (Å²) >= 11 is 0. The first-order chi connectivity index (χ1) is 19.7. The normalized spacial score (nSPS) is 45.6. The molecule has 2 spiro atoms. The molecule has 1 amide bonds. The summed E-state index contributed by atoms with van der Waals surface area (Å²) in [4.78, 5) is 14.9. The summed E-state index contributed by atoms with van der Waals surface area (Å²) in [5, 5.41) is 22.2. The number of carbonyl (C=O) groups is 1. The van der Waals surface area contributed by atoms with Crippen LogP contribution in [-0.2, 0) is 14.2 Å². The standard InChI is InChI=1S/C35H59NO6/c1-22(8-11-28(40-7)32(4,5)39)29-25(37)20-24-23-9-10-26-31(2,3)27(42-30(38)36-16-18-41-19-17-36)12-13-35(26)21-34(23,35)15-14-33(24,29)6/h22-29,37,39H,8-21H2,1-7H3/t22?,23-,24?,25+,26?,27-,28-,29?,33-,34-,35+/m0/s1. The minimum atomic E-state index is -0.862. The van der Waals surface area contributed by atoms with Crippen molar-refractivity contribution in [1.29, 1.82) is 0 Å². The number of carbonyl (C=O) groups excluding carboxylic acids is 1. The SMILES string of the molecule is CO[C@@H](CCC(C)C1[C@H](O)CC2[C@@H]3CCC4C(C)(C)[C@@H](OC(=O)N5CCOCC5)CC[C@@]45C[C@@]35CC[C@]12C)C(C)(C)O. The lowest BCUT2D eigenvalue weighted by atomic mass is 9.46. The Balaban J connectivity index is 1.15. The Kier molecular flexibility index (Phi) is 7.84. The van der Waals surface area contributed by atoms with E-state index in [1.807, 2.05) is 18.7 Å². The zero-order valence-electron chi connectivity index (χ0n) is 27.5. The van der Waals surface area contributed by atoms with Crippen LogP contribution < -0.4 is 0 Å². The molecule has 1 saturated heterocycles. The van der Waals surface area contributed by atoms with Crippen LogP contribution >= 0.6 is 0 Å². The van der Waals surface area contributed by atoms with E-state index < -0.39 is 5.60 Å². The van der Waals surface area contributed by atoms with Crippen molar-refractivity contribution in [3.63, 3.8) is 0 Å². The zero-order chi connectivity index (χ0) is 30.3. The lowest BCUT2D eigenvalue weighted by molar-refractivity contribution is -0.139. The highest BCUT2D eigenvalue weighted by atomic mass is 16.6. The molecule has 7 heteroatoms. The van der Waals surface area contributed by atoms with Crippen molar-refractivity contribution in [3.05, 3.63) is 0 Å². The number of hydrogen-bond donors (Lipinski definition) is 2. The molecule has 0 radical (unpaired) electrons. The molecular formula is C35H59NO6. The number of amides is 1. The topological polar surface area (TPSA) is 88.5 Å². The third kappa shape index (κ3) is 4.60. The van der Waals surface area contributed by atoms with Crippen molar-refractivity contribution in [2.24, 2.45) is 51.2 Å². The van der Waals surface area contributed by atoms with E-state index in [1.165, 1.54) is 38.5 Å². The van der Waals surface area contributed by atoms with E-state index in [9.17, 15) is 15.0 Å². The van der Waals surface area contributed by atoms with Gasteiger partial charge in [-0.05, 0) is 124 Å². The smallest absolute Gasteiger partial charge is 0.410 e. The average Bonchev–Trinajstić information content (AvgIpc) is 3.51. The molecule has 0 aromatic rings. The lowest BCUT2D eigenvalue weighted by Crippen LogP contribution is -2.56. The molecule has 7 nitrogen and oxygen atoms in total. The van der Waals surface area contributed by atoms with Crippen molar-refractivity contribution in [2.45, 2.75) is 130 Å². The maximum atomic E-state index is 13.1. The summed E-state index contributed by atoms with van der Waals surface area (Å²) < 4.78 is 17.4. The molecule has 6 aliphatic rings. The summed E-state index contributed by atoms with van der Waals surface area (Å²) in [6.45, 7) is 15.7. The van der Waals surface area contributed by atoms with Gasteiger partial charge in [0.15, 0.2) is 0 Å². The van der Waals surface area contributed by atoms with Crippen LogP contribution in [0.3, 0.4) is 0 Å². The first-order valence-electron chi connectivity index (χ1n) is 17.2. The highest BCUT2D eigenvalue weighted by Gasteiger charge is 2.80. The van der Waals surface area contributed by atoms with Gasteiger partial charge in [0.1, 0.15) is 6.10 Å². The van der Waals surface area contributed by atoms with Crippen LogP contribution in [0.15, 0.2) is 0 Å². The Morgan fingerprint density at radius 3 is 2.40 bits per heavy atom. The molecule has 0 aromatic carbocycles. The van der Waals surface area contributed by atoms with Gasteiger partial charge >= 0.3 is 6.09 Å². The monoisotopic (exact) mass is 589 g/mol. The fourth-order valence-electron chi connectivity index (χ4n) is 12.4. The maximum absolute atomic E-state index is 13.1. The van der Waals surface area contributed by atoms with E-state index in [-0.39, 0.29) is 35.2 Å². The minimum Gasteiger partial charge on any atom is -0.446 e. The van der Waals surface area contributed by atoms with Crippen LogP contribution in [0.2, 0.25) is 0 Å². The van der Waals surface area contributed by atoms with Crippen LogP contribution in [0.5, 0.6) is 0 Å². The number of nitrogens with zero attached hydrogens (tertiary/aromatic N) is 1. The second-order valence-electron chi connectivity index (χ2n) is 16.9. The third-order valence-electron chi connectivity index (χ3n) is 14.4. The van der Waals surface area contributed by atoms with Gasteiger partial charge in [0, 0.05) is 25.6 Å². The van der Waals surface area contributed by atoms with E-state index in [4.69, 9.17) is 14.2 Å². The fraction of sp³-hybridized carbons (Fsp3) is 0.971. The summed E-state index contributed by atoms with van der Waals surface area (Å²) in [7, 11) is 1.69. The Labute approximate surface area is 254 Å². The molecule has 0 aromatic heterocycles. The summed E-state index contributed by atoms with van der Waals surface area (Å²) in [6.07, 6.45) is 10.6. The molecule has 11 atom stereocenters. The van der Waals surface area contributed by atoms with Gasteiger partial charge in [-0.25, -0.2) is 4.79 Å². The zero-order valence-corrected chi connectivity index (χ0v) is 27.5. The van der Waals surface area contributed by atoms with Gasteiger partial charge in [-0.2, -0.15) is 0 Å². The van der Waals surface area contributed by atoms with Crippen molar-refractivity contribution in [3.8, 4) is 0 Å². The molecule has 1 heterocycles. The van der Waals surface area contributed by atoms with Gasteiger partial charge in [0.05, 0.1) is 31.0 Å². The van der Waals surface area contributed by atoms with Crippen molar-refractivity contribution >= 4 is 6.09 Å². The predicted molar refractivity (Wildman–Crippen MR) is 162 cm³/mol. The molecule has 6 fully saturated rings. The second kappa shape index (κ2) is 10.6. The number of aliphatic hydroxyl groups is 2. The van der Waals surface area contributed by atoms with Crippen LogP contribution in [0.25, 0.3) is 0 Å². The van der Waals surface area contributed by atoms with Gasteiger partial charge in [0.25, 0.3) is 0 Å². The van der Waals surface area contributed by atoms with Gasteiger partial charge in [-0.3, -0.25) is 0 Å². The number of morpholine rings is 1. The highest BCUT2D eigenvalue weighted by molar-refractivity contribution is 5.68.